The van der Waals surface area contributed by atoms with Crippen molar-refractivity contribution in [3.8, 4) is 39.6 Å². The van der Waals surface area contributed by atoms with Gasteiger partial charge in [0.25, 0.3) is 10.0 Å². The van der Waals surface area contributed by atoms with E-state index in [-0.39, 0.29) is 4.90 Å². The molecule has 236 valence electrons. The molecule has 0 amide bonds. The first kappa shape index (κ1) is 31.0. The number of nitrogens with zero attached hydrogens (tertiary/aromatic N) is 4. The Morgan fingerprint density at radius 1 is 0.851 bits per heavy atom. The van der Waals surface area contributed by atoms with E-state index < -0.39 is 15.8 Å². The van der Waals surface area contributed by atoms with Gasteiger partial charge in [-0.1, -0.05) is 60.7 Å². The predicted octanol–water partition coefficient (Wildman–Crippen LogP) is 8.01. The third-order valence-electron chi connectivity index (χ3n) is 8.96. The van der Waals surface area contributed by atoms with Crippen molar-refractivity contribution < 1.29 is 12.8 Å². The largest absolute Gasteiger partial charge is 0.304 e. The van der Waals surface area contributed by atoms with E-state index in [9.17, 15) is 18.1 Å². The second-order valence-electron chi connectivity index (χ2n) is 12.1. The molecule has 1 aliphatic heterocycles. The van der Waals surface area contributed by atoms with Crippen LogP contribution in [0.25, 0.3) is 44.4 Å². The minimum absolute atomic E-state index is 0.159. The number of hydrogen-bond acceptors (Lipinski definition) is 6. The first-order chi connectivity index (χ1) is 22.7. The number of nitriles is 1. The molecule has 0 bridgehead atoms. The van der Waals surface area contributed by atoms with E-state index in [2.05, 4.69) is 47.2 Å². The zero-order valence-electron chi connectivity index (χ0n) is 26.2. The quantitative estimate of drug-likeness (QED) is 0.174. The van der Waals surface area contributed by atoms with Crippen LogP contribution in [-0.4, -0.2) is 55.4 Å². The van der Waals surface area contributed by atoms with Gasteiger partial charge in [-0.15, -0.1) is 11.3 Å². The number of aromatic nitrogens is 1. The van der Waals surface area contributed by atoms with Crippen molar-refractivity contribution in [3.05, 3.63) is 124 Å². The van der Waals surface area contributed by atoms with E-state index in [0.29, 0.717) is 43.7 Å². The van der Waals surface area contributed by atoms with Crippen LogP contribution in [0.4, 0.5) is 4.39 Å². The van der Waals surface area contributed by atoms with Gasteiger partial charge in [-0.3, -0.25) is 4.90 Å². The maximum atomic E-state index is 14.9. The van der Waals surface area contributed by atoms with Crippen LogP contribution in [0.2, 0.25) is 0 Å². The summed E-state index contributed by atoms with van der Waals surface area (Å²) in [5.41, 5.74) is 6.21. The Labute approximate surface area is 278 Å². The molecule has 1 aliphatic rings. The third-order valence-corrected chi connectivity index (χ3v) is 11.7. The van der Waals surface area contributed by atoms with E-state index in [1.54, 1.807) is 42.6 Å². The van der Waals surface area contributed by atoms with Crippen LogP contribution >= 0.6 is 11.3 Å². The molecule has 7 rings (SSSR count). The smallest absolute Gasteiger partial charge is 0.268 e. The monoisotopic (exact) mass is 660 g/mol. The lowest BCUT2D eigenvalue weighted by molar-refractivity contribution is 0.148. The summed E-state index contributed by atoms with van der Waals surface area (Å²) in [4.78, 5) is 5.40. The van der Waals surface area contributed by atoms with Crippen LogP contribution in [0.3, 0.4) is 0 Å². The van der Waals surface area contributed by atoms with Crippen molar-refractivity contribution in [2.75, 3.05) is 33.2 Å². The fraction of sp³-hybridized carbons (Fsp3) is 0.184. The number of halogens is 1. The lowest BCUT2D eigenvalue weighted by Gasteiger charge is -2.32. The van der Waals surface area contributed by atoms with E-state index in [0.717, 1.165) is 43.9 Å². The molecule has 3 heterocycles. The zero-order chi connectivity index (χ0) is 32.7. The summed E-state index contributed by atoms with van der Waals surface area (Å²) in [5, 5.41) is 12.2. The van der Waals surface area contributed by atoms with Crippen LogP contribution in [0.15, 0.2) is 107 Å². The highest BCUT2D eigenvalue weighted by molar-refractivity contribution is 7.90. The van der Waals surface area contributed by atoms with Crippen LogP contribution < -0.4 is 0 Å². The lowest BCUT2D eigenvalue weighted by Crippen LogP contribution is -2.43. The number of rotatable bonds is 7. The first-order valence-electron chi connectivity index (χ1n) is 15.5. The highest BCUT2D eigenvalue weighted by Gasteiger charge is 2.31. The highest BCUT2D eigenvalue weighted by atomic mass is 32.2. The molecule has 0 saturated carbocycles. The molecule has 1 saturated heterocycles. The van der Waals surface area contributed by atoms with Gasteiger partial charge in [-0.05, 0) is 78.0 Å². The van der Waals surface area contributed by atoms with Crippen molar-refractivity contribution in [2.24, 2.45) is 0 Å². The molecule has 4 aromatic carbocycles. The van der Waals surface area contributed by atoms with E-state index >= 15 is 0 Å². The summed E-state index contributed by atoms with van der Waals surface area (Å²) in [7, 11) is -2.02. The van der Waals surface area contributed by atoms with Gasteiger partial charge in [0.1, 0.15) is 16.8 Å². The molecule has 0 spiro atoms. The average Bonchev–Trinajstić information content (AvgIpc) is 3.68. The average molecular weight is 661 g/mol. The van der Waals surface area contributed by atoms with Crippen molar-refractivity contribution in [2.45, 2.75) is 18.4 Å². The van der Waals surface area contributed by atoms with E-state index in [1.165, 1.54) is 39.1 Å². The van der Waals surface area contributed by atoms with Gasteiger partial charge in [0.05, 0.1) is 16.1 Å². The molecule has 0 aliphatic carbocycles. The number of hydrogen-bond donors (Lipinski definition) is 0. The van der Waals surface area contributed by atoms with Gasteiger partial charge in [-0.25, -0.2) is 16.8 Å². The highest BCUT2D eigenvalue weighted by Crippen LogP contribution is 2.46. The summed E-state index contributed by atoms with van der Waals surface area (Å²) in [6.45, 7) is 6.88. The van der Waals surface area contributed by atoms with Crippen molar-refractivity contribution in [1.82, 2.24) is 13.8 Å². The molecule has 6 aromatic rings. The van der Waals surface area contributed by atoms with Gasteiger partial charge in [0.2, 0.25) is 0 Å². The van der Waals surface area contributed by atoms with Gasteiger partial charge < -0.3 is 4.90 Å². The number of piperazine rings is 1. The van der Waals surface area contributed by atoms with Gasteiger partial charge in [-0.2, -0.15) is 5.26 Å². The summed E-state index contributed by atoms with van der Waals surface area (Å²) >= 11 is 1.27. The van der Waals surface area contributed by atoms with Gasteiger partial charge in [0, 0.05) is 54.8 Å². The Bertz CT molecular complexity index is 2260. The Morgan fingerprint density at radius 3 is 2.34 bits per heavy atom. The van der Waals surface area contributed by atoms with E-state index in [4.69, 9.17) is 0 Å². The number of thiophene rings is 1. The molecule has 0 radical (unpaired) electrons. The Balaban J connectivity index is 1.41. The maximum absolute atomic E-state index is 14.9. The summed E-state index contributed by atoms with van der Waals surface area (Å²) in [5.74, 6) is -0.491. The molecule has 0 N–H and O–H groups in total. The molecular weight excluding hydrogens is 628 g/mol. The van der Waals surface area contributed by atoms with Crippen LogP contribution in [0, 0.1) is 24.1 Å². The number of likely N-dealkylation sites (N-methyl/N-ethyl adjacent to an activating group) is 1. The molecule has 47 heavy (non-hydrogen) atoms. The third kappa shape index (κ3) is 5.79. The lowest BCUT2D eigenvalue weighted by atomic mass is 9.96. The predicted molar refractivity (Wildman–Crippen MR) is 187 cm³/mol. The molecule has 9 heteroatoms. The number of benzene rings is 4. The van der Waals surface area contributed by atoms with Crippen LogP contribution in [0.5, 0.6) is 0 Å². The minimum atomic E-state index is -4.17. The number of fused-ring (bicyclic) bond motifs is 1. The Morgan fingerprint density at radius 2 is 1.60 bits per heavy atom. The molecule has 0 unspecified atom stereocenters. The zero-order valence-corrected chi connectivity index (χ0v) is 27.8. The molecule has 6 nitrogen and oxygen atoms in total. The van der Waals surface area contributed by atoms with Gasteiger partial charge in [0.15, 0.2) is 0 Å². The number of aryl methyl sites for hydroxylation is 1. The molecule has 0 atom stereocenters. The standard InChI is InChI=1S/C38H33FN4O2S2/c1-26-6-3-4-9-36(26)47(44,45)43-34-15-14-31(39)23-33(34)37(32-16-21-46-35(32)24-40)38(43)30-8-5-7-29(22-30)28-12-10-27(11-13-28)25-42-19-17-41(2)18-20-42/h3-16,21-23H,17-20,25H2,1-2H3. The minimum Gasteiger partial charge on any atom is -0.304 e. The Kier molecular flexibility index (Phi) is 8.28. The Hall–Kier alpha value is -4.59. The topological polar surface area (TPSA) is 69.3 Å². The molecule has 2 aromatic heterocycles. The maximum Gasteiger partial charge on any atom is 0.268 e. The fourth-order valence-electron chi connectivity index (χ4n) is 6.47. The normalized spacial score (nSPS) is 14.4. The summed E-state index contributed by atoms with van der Waals surface area (Å²) in [6.07, 6.45) is 0. The van der Waals surface area contributed by atoms with Crippen molar-refractivity contribution in [3.63, 3.8) is 0 Å². The first-order valence-corrected chi connectivity index (χ1v) is 17.8. The fourth-order valence-corrected chi connectivity index (χ4v) is 8.94. The summed E-state index contributed by atoms with van der Waals surface area (Å²) < 4.78 is 45.6. The summed E-state index contributed by atoms with van der Waals surface area (Å²) in [6, 6.07) is 31.3. The second kappa shape index (κ2) is 12.5. The van der Waals surface area contributed by atoms with Crippen molar-refractivity contribution >= 4 is 32.3 Å². The molecule has 1 fully saturated rings. The second-order valence-corrected chi connectivity index (χ2v) is 14.7. The SMILES string of the molecule is Cc1ccccc1S(=O)(=O)n1c(-c2cccc(-c3ccc(CN4CCN(C)CC4)cc3)c2)c(-c2ccsc2C#N)c2cc(F)ccc21. The van der Waals surface area contributed by atoms with Gasteiger partial charge >= 0.3 is 0 Å². The van der Waals surface area contributed by atoms with Crippen molar-refractivity contribution in [1.29, 1.82) is 5.26 Å². The van der Waals surface area contributed by atoms with Crippen LogP contribution in [0.1, 0.15) is 16.0 Å². The van der Waals surface area contributed by atoms with Crippen LogP contribution in [-0.2, 0) is 16.6 Å². The molecular formula is C38H33FN4O2S2. The van der Waals surface area contributed by atoms with E-state index in [1.807, 2.05) is 24.3 Å².